The van der Waals surface area contributed by atoms with Gasteiger partial charge in [0.2, 0.25) is 0 Å². The van der Waals surface area contributed by atoms with Crippen LogP contribution in [-0.2, 0) is 6.42 Å². The zero-order chi connectivity index (χ0) is 19.8. The van der Waals surface area contributed by atoms with Crippen molar-refractivity contribution >= 4 is 0 Å². The average Bonchev–Trinajstić information content (AvgIpc) is 2.63. The van der Waals surface area contributed by atoms with Crippen molar-refractivity contribution in [1.82, 2.24) is 10.2 Å². The minimum Gasteiger partial charge on any atom is -0.318 e. The molecule has 2 heteroatoms. The average molecular weight is 355 g/mol. The van der Waals surface area contributed by atoms with Gasteiger partial charge in [-0.1, -0.05) is 68.2 Å². The number of benzene rings is 1. The van der Waals surface area contributed by atoms with Crippen molar-refractivity contribution in [3.63, 3.8) is 0 Å². The molecule has 1 aromatic rings. The smallest absolute Gasteiger partial charge is 0.0104 e. The zero-order valence-corrected chi connectivity index (χ0v) is 17.7. The van der Waals surface area contributed by atoms with Crippen molar-refractivity contribution in [3.05, 3.63) is 59.2 Å². The van der Waals surface area contributed by atoms with Crippen molar-refractivity contribution in [1.29, 1.82) is 0 Å². The standard InChI is InChI=1S/C14H24N2.C10H14/c1-6-8-9-14(7-2)13(3)12-16(5)11-10-15-4;1-3-4-10-7-5-9(2)6-8-10/h1,7-9,13,15H,10-12H2,2-5H3;5-8H,3-4H2,1-2H3/b9-8-,14-7+;. The first-order chi connectivity index (χ1) is 12.5. The second-order valence-electron chi connectivity index (χ2n) is 6.79. The van der Waals surface area contributed by atoms with Gasteiger partial charge in [0.15, 0.2) is 0 Å². The number of hydrogen-bond donors (Lipinski definition) is 1. The maximum atomic E-state index is 5.22. The van der Waals surface area contributed by atoms with Crippen LogP contribution in [0.4, 0.5) is 0 Å². The van der Waals surface area contributed by atoms with Crippen LogP contribution >= 0.6 is 0 Å². The molecule has 0 saturated heterocycles. The lowest BCUT2D eigenvalue weighted by atomic mass is 10.00. The summed E-state index contributed by atoms with van der Waals surface area (Å²) < 4.78 is 0. The van der Waals surface area contributed by atoms with E-state index in [2.05, 4.69) is 81.2 Å². The number of nitrogens with one attached hydrogen (secondary N) is 1. The Hall–Kier alpha value is -1.82. The van der Waals surface area contributed by atoms with E-state index in [4.69, 9.17) is 6.42 Å². The predicted octanol–water partition coefficient (Wildman–Crippen LogP) is 4.86. The van der Waals surface area contributed by atoms with Crippen molar-refractivity contribution < 1.29 is 0 Å². The van der Waals surface area contributed by atoms with Gasteiger partial charge in [-0.05, 0) is 57.5 Å². The lowest BCUT2D eigenvalue weighted by molar-refractivity contribution is 0.305. The molecule has 1 unspecified atom stereocenters. The quantitative estimate of drug-likeness (QED) is 0.503. The van der Waals surface area contributed by atoms with Crippen molar-refractivity contribution in [2.24, 2.45) is 5.92 Å². The van der Waals surface area contributed by atoms with E-state index < -0.39 is 0 Å². The molecule has 0 amide bonds. The number of rotatable bonds is 9. The van der Waals surface area contributed by atoms with E-state index in [1.165, 1.54) is 29.5 Å². The van der Waals surface area contributed by atoms with Crippen LogP contribution in [0.3, 0.4) is 0 Å². The van der Waals surface area contributed by atoms with E-state index in [9.17, 15) is 0 Å². The molecule has 1 atom stereocenters. The van der Waals surface area contributed by atoms with Gasteiger partial charge in [0.25, 0.3) is 0 Å². The molecule has 0 radical (unpaired) electrons. The fourth-order valence-corrected chi connectivity index (χ4v) is 2.70. The summed E-state index contributed by atoms with van der Waals surface area (Å²) in [5.74, 6) is 3.04. The third-order valence-electron chi connectivity index (χ3n) is 4.26. The molecule has 1 rings (SSSR count). The molecule has 1 N–H and O–H groups in total. The van der Waals surface area contributed by atoms with Gasteiger partial charge in [0.05, 0.1) is 0 Å². The highest BCUT2D eigenvalue weighted by molar-refractivity contribution is 5.26. The maximum Gasteiger partial charge on any atom is 0.0104 e. The molecule has 0 heterocycles. The van der Waals surface area contributed by atoms with Gasteiger partial charge in [-0.3, -0.25) is 0 Å². The highest BCUT2D eigenvalue weighted by Crippen LogP contribution is 2.13. The normalized spacial score (nSPS) is 12.6. The van der Waals surface area contributed by atoms with Gasteiger partial charge in [0, 0.05) is 19.6 Å². The third kappa shape index (κ3) is 11.7. The van der Waals surface area contributed by atoms with Crippen LogP contribution in [0, 0.1) is 25.2 Å². The molecule has 0 aliphatic heterocycles. The van der Waals surface area contributed by atoms with E-state index in [1.54, 1.807) is 6.08 Å². The van der Waals surface area contributed by atoms with Gasteiger partial charge in [-0.25, -0.2) is 0 Å². The molecule has 26 heavy (non-hydrogen) atoms. The topological polar surface area (TPSA) is 15.3 Å². The Kier molecular flexibility index (Phi) is 14.4. The van der Waals surface area contributed by atoms with Crippen LogP contribution in [0.15, 0.2) is 48.1 Å². The fourth-order valence-electron chi connectivity index (χ4n) is 2.70. The minimum atomic E-state index is 0.511. The Balaban J connectivity index is 0.000000531. The Bertz CT molecular complexity index is 561. The number of aryl methyl sites for hydroxylation is 2. The number of terminal acetylenes is 1. The van der Waals surface area contributed by atoms with E-state index in [-0.39, 0.29) is 0 Å². The van der Waals surface area contributed by atoms with Gasteiger partial charge in [-0.15, -0.1) is 6.42 Å². The van der Waals surface area contributed by atoms with Gasteiger partial charge in [-0.2, -0.15) is 0 Å². The summed E-state index contributed by atoms with van der Waals surface area (Å²) in [5, 5.41) is 3.15. The largest absolute Gasteiger partial charge is 0.318 e. The molecular formula is C24H38N2. The number of hydrogen-bond acceptors (Lipinski definition) is 2. The predicted molar refractivity (Wildman–Crippen MR) is 117 cm³/mol. The lowest BCUT2D eigenvalue weighted by Crippen LogP contribution is -2.31. The van der Waals surface area contributed by atoms with Gasteiger partial charge < -0.3 is 10.2 Å². The summed E-state index contributed by atoms with van der Waals surface area (Å²) in [4.78, 5) is 2.33. The monoisotopic (exact) mass is 354 g/mol. The molecule has 0 aromatic heterocycles. The van der Waals surface area contributed by atoms with E-state index in [1.807, 2.05) is 13.1 Å². The molecule has 144 valence electrons. The van der Waals surface area contributed by atoms with Crippen molar-refractivity contribution in [3.8, 4) is 12.3 Å². The third-order valence-corrected chi connectivity index (χ3v) is 4.26. The van der Waals surface area contributed by atoms with Gasteiger partial charge in [0.1, 0.15) is 0 Å². The fraction of sp³-hybridized carbons (Fsp3) is 0.500. The van der Waals surface area contributed by atoms with Crippen LogP contribution < -0.4 is 5.32 Å². The van der Waals surface area contributed by atoms with Crippen LogP contribution in [0.5, 0.6) is 0 Å². The second-order valence-corrected chi connectivity index (χ2v) is 6.79. The molecule has 2 nitrogen and oxygen atoms in total. The first kappa shape index (κ1) is 24.2. The molecule has 0 aliphatic carbocycles. The highest BCUT2D eigenvalue weighted by Gasteiger charge is 2.08. The SMILES string of the molecule is C#C/C=C\C(=C/C)C(C)CN(C)CCNC.CCCc1ccc(C)cc1. The van der Waals surface area contributed by atoms with Crippen LogP contribution in [0.2, 0.25) is 0 Å². The zero-order valence-electron chi connectivity index (χ0n) is 17.7. The molecular weight excluding hydrogens is 316 g/mol. The maximum absolute atomic E-state index is 5.22. The summed E-state index contributed by atoms with van der Waals surface area (Å²) in [7, 11) is 4.12. The number of likely N-dealkylation sites (N-methyl/N-ethyl adjacent to an activating group) is 2. The van der Waals surface area contributed by atoms with Crippen LogP contribution in [0.25, 0.3) is 0 Å². The van der Waals surface area contributed by atoms with Crippen molar-refractivity contribution in [2.75, 3.05) is 33.7 Å². The lowest BCUT2D eigenvalue weighted by Gasteiger charge is -2.21. The molecule has 0 saturated carbocycles. The van der Waals surface area contributed by atoms with E-state index in [0.717, 1.165) is 19.6 Å². The molecule has 0 spiro atoms. The Labute approximate surface area is 162 Å². The summed E-state index contributed by atoms with van der Waals surface area (Å²) in [5.41, 5.74) is 4.10. The molecule has 0 aliphatic rings. The summed E-state index contributed by atoms with van der Waals surface area (Å²) in [6.07, 6.45) is 13.6. The molecule has 0 fully saturated rings. The van der Waals surface area contributed by atoms with Crippen molar-refractivity contribution in [2.45, 2.75) is 40.5 Å². The number of nitrogens with zero attached hydrogens (tertiary/aromatic N) is 1. The summed E-state index contributed by atoms with van der Waals surface area (Å²) >= 11 is 0. The van der Waals surface area contributed by atoms with E-state index >= 15 is 0 Å². The first-order valence-corrected chi connectivity index (χ1v) is 9.65. The second kappa shape index (κ2) is 15.4. The molecule has 0 bridgehead atoms. The van der Waals surface area contributed by atoms with Crippen LogP contribution in [0.1, 0.15) is 38.3 Å². The molecule has 1 aromatic carbocycles. The highest BCUT2D eigenvalue weighted by atomic mass is 15.1. The first-order valence-electron chi connectivity index (χ1n) is 9.65. The van der Waals surface area contributed by atoms with Gasteiger partial charge >= 0.3 is 0 Å². The van der Waals surface area contributed by atoms with Crippen LogP contribution in [-0.4, -0.2) is 38.6 Å². The number of allylic oxidation sites excluding steroid dienone is 3. The Morgan fingerprint density at radius 1 is 1.31 bits per heavy atom. The summed E-state index contributed by atoms with van der Waals surface area (Å²) in [6.45, 7) is 11.8. The minimum absolute atomic E-state index is 0.511. The Morgan fingerprint density at radius 2 is 1.96 bits per heavy atom. The Morgan fingerprint density at radius 3 is 2.46 bits per heavy atom. The van der Waals surface area contributed by atoms with E-state index in [0.29, 0.717) is 5.92 Å². The summed E-state index contributed by atoms with van der Waals surface area (Å²) in [6, 6.07) is 8.76.